The normalized spacial score (nSPS) is 11.1. The fourth-order valence-electron chi connectivity index (χ4n) is 3.82. The largest absolute Gasteiger partial charge is 0.504 e. The number of aromatic hydroxyl groups is 1. The van der Waals surface area contributed by atoms with Crippen LogP contribution in [0.4, 0.5) is 0 Å². The SMILES string of the molecule is CCCCCCCCCCOc1ccc(C)c(CCCCCCCCC)c1O. The number of phenolic OH excluding ortho intramolecular Hbond substituents is 1. The second-order valence-corrected chi connectivity index (χ2v) is 8.40. The fraction of sp³-hybridized carbons (Fsp3) is 0.769. The molecule has 1 N–H and O–H groups in total. The van der Waals surface area contributed by atoms with Crippen molar-refractivity contribution in [2.45, 2.75) is 124 Å². The Morgan fingerprint density at radius 3 is 1.75 bits per heavy atom. The highest BCUT2D eigenvalue weighted by molar-refractivity contribution is 5.49. The van der Waals surface area contributed by atoms with E-state index < -0.39 is 0 Å². The van der Waals surface area contributed by atoms with Gasteiger partial charge in [-0.15, -0.1) is 0 Å². The van der Waals surface area contributed by atoms with Crippen molar-refractivity contribution < 1.29 is 9.84 Å². The fourth-order valence-corrected chi connectivity index (χ4v) is 3.82. The van der Waals surface area contributed by atoms with Gasteiger partial charge in [-0.25, -0.2) is 0 Å². The van der Waals surface area contributed by atoms with Crippen LogP contribution < -0.4 is 4.74 Å². The Bertz CT molecular complexity index is 495. The van der Waals surface area contributed by atoms with Crippen LogP contribution >= 0.6 is 0 Å². The molecule has 1 aromatic carbocycles. The van der Waals surface area contributed by atoms with E-state index in [1.165, 1.54) is 89.0 Å². The lowest BCUT2D eigenvalue weighted by molar-refractivity contribution is 0.287. The third-order valence-electron chi connectivity index (χ3n) is 5.77. The summed E-state index contributed by atoms with van der Waals surface area (Å²) in [5, 5.41) is 10.6. The first-order valence-corrected chi connectivity index (χ1v) is 12.1. The van der Waals surface area contributed by atoms with Gasteiger partial charge in [-0.3, -0.25) is 0 Å². The van der Waals surface area contributed by atoms with Crippen LogP contribution in [0, 0.1) is 6.92 Å². The Morgan fingerprint density at radius 2 is 1.18 bits per heavy atom. The van der Waals surface area contributed by atoms with Gasteiger partial charge in [0.1, 0.15) is 0 Å². The zero-order chi connectivity index (χ0) is 20.5. The molecule has 1 rings (SSSR count). The molecule has 0 unspecified atom stereocenters. The predicted octanol–water partition coefficient (Wildman–Crippen LogP) is 8.51. The van der Waals surface area contributed by atoms with E-state index in [0.717, 1.165) is 24.8 Å². The molecule has 0 aliphatic heterocycles. The van der Waals surface area contributed by atoms with Gasteiger partial charge in [0, 0.05) is 5.56 Å². The van der Waals surface area contributed by atoms with Crippen LogP contribution in [0.5, 0.6) is 11.5 Å². The lowest BCUT2D eigenvalue weighted by atomic mass is 9.99. The van der Waals surface area contributed by atoms with Crippen molar-refractivity contribution in [1.29, 1.82) is 0 Å². The zero-order valence-corrected chi connectivity index (χ0v) is 19.0. The van der Waals surface area contributed by atoms with Crippen molar-refractivity contribution in [3.63, 3.8) is 0 Å². The average molecular weight is 391 g/mol. The maximum atomic E-state index is 10.6. The van der Waals surface area contributed by atoms with E-state index in [1.54, 1.807) is 0 Å². The summed E-state index contributed by atoms with van der Waals surface area (Å²) in [6.45, 7) is 7.33. The third-order valence-corrected chi connectivity index (χ3v) is 5.77. The van der Waals surface area contributed by atoms with E-state index in [-0.39, 0.29) is 0 Å². The maximum absolute atomic E-state index is 10.6. The molecule has 0 radical (unpaired) electrons. The van der Waals surface area contributed by atoms with Crippen molar-refractivity contribution in [3.8, 4) is 11.5 Å². The summed E-state index contributed by atoms with van der Waals surface area (Å²) in [6.07, 6.45) is 20.4. The summed E-state index contributed by atoms with van der Waals surface area (Å²) >= 11 is 0. The van der Waals surface area contributed by atoms with E-state index in [4.69, 9.17) is 4.74 Å². The van der Waals surface area contributed by atoms with E-state index in [1.807, 2.05) is 6.07 Å². The van der Waals surface area contributed by atoms with Crippen LogP contribution in [-0.4, -0.2) is 11.7 Å². The number of phenols is 1. The standard InChI is InChI=1S/C26H46O2/c1-4-6-8-10-12-14-16-18-22-28-25-21-20-23(3)24(26(25)27)19-17-15-13-11-9-7-5-2/h20-21,27H,4-19,22H2,1-3H3. The van der Waals surface area contributed by atoms with Crippen molar-refractivity contribution in [2.75, 3.05) is 6.61 Å². The van der Waals surface area contributed by atoms with E-state index in [9.17, 15) is 5.11 Å². The van der Waals surface area contributed by atoms with Gasteiger partial charge < -0.3 is 9.84 Å². The minimum Gasteiger partial charge on any atom is -0.504 e. The van der Waals surface area contributed by atoms with E-state index >= 15 is 0 Å². The molecule has 0 spiro atoms. The highest BCUT2D eigenvalue weighted by atomic mass is 16.5. The summed E-state index contributed by atoms with van der Waals surface area (Å²) in [7, 11) is 0. The van der Waals surface area contributed by atoms with E-state index in [2.05, 4.69) is 26.8 Å². The van der Waals surface area contributed by atoms with Gasteiger partial charge in [-0.1, -0.05) is 103 Å². The number of unbranched alkanes of at least 4 members (excludes halogenated alkanes) is 13. The smallest absolute Gasteiger partial charge is 0.161 e. The summed E-state index contributed by atoms with van der Waals surface area (Å²) in [6, 6.07) is 4.03. The number of ether oxygens (including phenoxy) is 1. The van der Waals surface area contributed by atoms with Crippen LogP contribution in [0.3, 0.4) is 0 Å². The molecule has 0 bridgehead atoms. The number of rotatable bonds is 18. The molecule has 0 atom stereocenters. The van der Waals surface area contributed by atoms with Gasteiger partial charge in [0.15, 0.2) is 11.5 Å². The number of benzene rings is 1. The highest BCUT2D eigenvalue weighted by Crippen LogP contribution is 2.33. The number of aryl methyl sites for hydroxylation is 1. The minimum atomic E-state index is 0.380. The van der Waals surface area contributed by atoms with Crippen molar-refractivity contribution >= 4 is 0 Å². The zero-order valence-electron chi connectivity index (χ0n) is 19.0. The molecule has 0 saturated carbocycles. The Kier molecular flexibility index (Phi) is 14.9. The molecule has 28 heavy (non-hydrogen) atoms. The highest BCUT2D eigenvalue weighted by Gasteiger charge is 2.11. The van der Waals surface area contributed by atoms with Crippen molar-refractivity contribution in [3.05, 3.63) is 23.3 Å². The number of hydrogen-bond acceptors (Lipinski definition) is 2. The molecule has 1 aromatic rings. The predicted molar refractivity (Wildman–Crippen MR) is 123 cm³/mol. The summed E-state index contributed by atoms with van der Waals surface area (Å²) in [5.41, 5.74) is 2.27. The lowest BCUT2D eigenvalue weighted by Crippen LogP contribution is -2.00. The summed E-state index contributed by atoms with van der Waals surface area (Å²) in [5.74, 6) is 1.05. The van der Waals surface area contributed by atoms with Gasteiger partial charge in [0.05, 0.1) is 6.61 Å². The average Bonchev–Trinajstić information content (AvgIpc) is 2.69. The van der Waals surface area contributed by atoms with Crippen LogP contribution in [0.15, 0.2) is 12.1 Å². The summed E-state index contributed by atoms with van der Waals surface area (Å²) < 4.78 is 5.90. The Morgan fingerprint density at radius 1 is 0.679 bits per heavy atom. The molecular weight excluding hydrogens is 344 g/mol. The van der Waals surface area contributed by atoms with Gasteiger partial charge in [0.25, 0.3) is 0 Å². The Labute approximate surface area is 175 Å². The van der Waals surface area contributed by atoms with Crippen LogP contribution in [0.25, 0.3) is 0 Å². The van der Waals surface area contributed by atoms with Crippen LogP contribution in [0.2, 0.25) is 0 Å². The van der Waals surface area contributed by atoms with Gasteiger partial charge in [0.2, 0.25) is 0 Å². The Hall–Kier alpha value is -1.18. The molecule has 2 nitrogen and oxygen atoms in total. The van der Waals surface area contributed by atoms with Crippen LogP contribution in [0.1, 0.15) is 121 Å². The Balaban J connectivity index is 2.25. The summed E-state index contributed by atoms with van der Waals surface area (Å²) in [4.78, 5) is 0. The topological polar surface area (TPSA) is 29.5 Å². The molecular formula is C26H46O2. The maximum Gasteiger partial charge on any atom is 0.161 e. The number of hydrogen-bond donors (Lipinski definition) is 1. The first-order chi connectivity index (χ1) is 13.7. The first-order valence-electron chi connectivity index (χ1n) is 12.1. The molecule has 0 aliphatic rings. The molecule has 162 valence electrons. The molecule has 0 saturated heterocycles. The second kappa shape index (κ2) is 16.7. The monoisotopic (exact) mass is 390 g/mol. The molecule has 0 aromatic heterocycles. The minimum absolute atomic E-state index is 0.380. The molecule has 0 amide bonds. The molecule has 0 aliphatic carbocycles. The van der Waals surface area contributed by atoms with Gasteiger partial charge in [-0.05, 0) is 37.8 Å². The third kappa shape index (κ3) is 11.0. The van der Waals surface area contributed by atoms with Crippen molar-refractivity contribution in [2.24, 2.45) is 0 Å². The van der Waals surface area contributed by atoms with Crippen LogP contribution in [-0.2, 0) is 6.42 Å². The first kappa shape index (κ1) is 24.9. The molecule has 0 heterocycles. The lowest BCUT2D eigenvalue weighted by Gasteiger charge is -2.14. The van der Waals surface area contributed by atoms with Gasteiger partial charge in [-0.2, -0.15) is 0 Å². The molecule has 0 fully saturated rings. The second-order valence-electron chi connectivity index (χ2n) is 8.40. The van der Waals surface area contributed by atoms with E-state index in [0.29, 0.717) is 18.1 Å². The quantitative estimate of drug-likeness (QED) is 0.254. The van der Waals surface area contributed by atoms with Gasteiger partial charge >= 0.3 is 0 Å². The van der Waals surface area contributed by atoms with Crippen molar-refractivity contribution in [1.82, 2.24) is 0 Å². The molecule has 2 heteroatoms.